The van der Waals surface area contributed by atoms with E-state index in [0.717, 1.165) is 80.2 Å². The van der Waals surface area contributed by atoms with Crippen LogP contribution in [0.15, 0.2) is 161 Å². The lowest BCUT2D eigenvalue weighted by Gasteiger charge is -2.33. The fourth-order valence-electron chi connectivity index (χ4n) is 13.8. The average molecular weight is 967 g/mol. The molecule has 2 fully saturated rings. The largest absolute Gasteiger partial charge is 0.454 e. The van der Waals surface area contributed by atoms with Crippen molar-refractivity contribution in [3.8, 4) is 0 Å². The molecule has 0 spiro atoms. The summed E-state index contributed by atoms with van der Waals surface area (Å²) in [4.78, 5) is 5.05. The van der Waals surface area contributed by atoms with Gasteiger partial charge in [0.15, 0.2) is 11.2 Å². The summed E-state index contributed by atoms with van der Waals surface area (Å²) < 4.78 is 14.1. The SMILES string of the molecule is CC(C)c1ccc(N(c2cc(N(c3ccc(C(C)C)cc3)c3cccc4c3oc3ccccc34)c3ccc4c(C5CCCCC5)cc(C5CCCCC5)c5ccc2c3c54)c2cccc3c4c(oc23)C=CCC4)cc1. The zero-order valence-electron chi connectivity index (χ0n) is 43.5. The van der Waals surface area contributed by atoms with Crippen molar-refractivity contribution in [2.45, 2.75) is 128 Å². The zero-order valence-corrected chi connectivity index (χ0v) is 43.5. The second kappa shape index (κ2) is 18.3. The smallest absolute Gasteiger partial charge is 0.159 e. The summed E-state index contributed by atoms with van der Waals surface area (Å²) in [5.74, 6) is 2.90. The Kier molecular flexibility index (Phi) is 11.2. The average Bonchev–Trinajstić information content (AvgIpc) is 4.04. The third-order valence-corrected chi connectivity index (χ3v) is 17.7. The highest BCUT2D eigenvalue weighted by atomic mass is 16.3. The number of anilines is 6. The topological polar surface area (TPSA) is 32.8 Å². The fourth-order valence-corrected chi connectivity index (χ4v) is 13.8. The van der Waals surface area contributed by atoms with Crippen molar-refractivity contribution in [3.63, 3.8) is 0 Å². The van der Waals surface area contributed by atoms with Crippen LogP contribution in [-0.2, 0) is 6.42 Å². The molecule has 74 heavy (non-hydrogen) atoms. The number of aryl methyl sites for hydroxylation is 1. The summed E-state index contributed by atoms with van der Waals surface area (Å²) in [5.41, 5.74) is 16.3. The van der Waals surface area contributed by atoms with Crippen LogP contribution in [0.4, 0.5) is 34.1 Å². The van der Waals surface area contributed by atoms with Crippen LogP contribution < -0.4 is 9.80 Å². The van der Waals surface area contributed by atoms with Gasteiger partial charge in [0.25, 0.3) is 0 Å². The van der Waals surface area contributed by atoms with Gasteiger partial charge in [0, 0.05) is 49.3 Å². The molecule has 3 aliphatic carbocycles. The molecule has 9 aromatic carbocycles. The summed E-state index contributed by atoms with van der Waals surface area (Å²) in [6.45, 7) is 9.14. The standard InChI is InChI=1S/C70H66N2O2/c1-43(2)45-29-33-49(34-30-45)71(61-25-15-23-55-51-21-11-13-27-65(51)73-69(55)61)63-42-64(72(50-35-31-46(32-36-50)44(3)4)62-26-16-24-56-52-22-12-14-28-66(52)74-70(56)62)58-40-38-54-60(48-19-9-6-10-20-48)41-59(47-17-7-5-8-18-47)53-37-39-57(63)68(58)67(53)54/h11,13-16,21,23-44,47-48H,5-10,12,17-20,22H2,1-4H3. The molecule has 0 N–H and O–H groups in total. The molecule has 2 saturated carbocycles. The van der Waals surface area contributed by atoms with Gasteiger partial charge in [0.05, 0.1) is 22.7 Å². The third kappa shape index (κ3) is 7.37. The Morgan fingerprint density at radius 2 is 0.932 bits per heavy atom. The minimum Gasteiger partial charge on any atom is -0.454 e. The van der Waals surface area contributed by atoms with Gasteiger partial charge in [0.1, 0.15) is 11.3 Å². The summed E-state index contributed by atoms with van der Waals surface area (Å²) in [6.07, 6.45) is 19.4. The molecule has 0 atom stereocenters. The summed E-state index contributed by atoms with van der Waals surface area (Å²) in [5, 5.41) is 11.5. The highest BCUT2D eigenvalue weighted by Crippen LogP contribution is 2.55. The van der Waals surface area contributed by atoms with E-state index in [9.17, 15) is 0 Å². The van der Waals surface area contributed by atoms with Gasteiger partial charge < -0.3 is 18.6 Å². The van der Waals surface area contributed by atoms with Crippen molar-refractivity contribution >= 4 is 105 Å². The molecule has 4 heteroatoms. The van der Waals surface area contributed by atoms with Gasteiger partial charge in [-0.25, -0.2) is 0 Å². The highest BCUT2D eigenvalue weighted by molar-refractivity contribution is 6.30. The molecule has 0 aliphatic heterocycles. The quantitative estimate of drug-likeness (QED) is 0.128. The van der Waals surface area contributed by atoms with Crippen molar-refractivity contribution in [1.82, 2.24) is 0 Å². The molecule has 2 aromatic heterocycles. The van der Waals surface area contributed by atoms with Gasteiger partial charge in [-0.3, -0.25) is 0 Å². The molecular formula is C70H66N2O2. The predicted molar refractivity (Wildman–Crippen MR) is 314 cm³/mol. The van der Waals surface area contributed by atoms with Gasteiger partial charge in [-0.2, -0.15) is 0 Å². The molecule has 3 aliphatic rings. The minimum atomic E-state index is 0.398. The number of rotatable bonds is 10. The van der Waals surface area contributed by atoms with E-state index in [-0.39, 0.29) is 0 Å². The Labute approximate surface area is 435 Å². The maximum Gasteiger partial charge on any atom is 0.159 e. The lowest BCUT2D eigenvalue weighted by atomic mass is 9.75. The van der Waals surface area contributed by atoms with Crippen LogP contribution in [0.5, 0.6) is 0 Å². The summed E-state index contributed by atoms with van der Waals surface area (Å²) in [6, 6.07) is 55.9. The van der Waals surface area contributed by atoms with E-state index < -0.39 is 0 Å². The normalized spacial score (nSPS) is 15.8. The Hall–Kier alpha value is -7.30. The van der Waals surface area contributed by atoms with E-state index >= 15 is 0 Å². The van der Waals surface area contributed by atoms with Crippen LogP contribution in [0.25, 0.3) is 71.3 Å². The van der Waals surface area contributed by atoms with Crippen LogP contribution in [0.2, 0.25) is 0 Å². The second-order valence-electron chi connectivity index (χ2n) is 22.7. The van der Waals surface area contributed by atoms with Gasteiger partial charge in [-0.1, -0.05) is 169 Å². The molecule has 0 bridgehead atoms. The number of hydrogen-bond acceptors (Lipinski definition) is 4. The Bertz CT molecular complexity index is 3890. The number of furan rings is 2. The predicted octanol–water partition coefficient (Wildman–Crippen LogP) is 21.5. The van der Waals surface area contributed by atoms with Crippen LogP contribution in [0.3, 0.4) is 0 Å². The van der Waals surface area contributed by atoms with E-state index in [2.05, 4.69) is 195 Å². The van der Waals surface area contributed by atoms with Crippen molar-refractivity contribution in [3.05, 3.63) is 185 Å². The number of fused-ring (bicyclic) bond motifs is 6. The van der Waals surface area contributed by atoms with E-state index in [1.165, 1.54) is 119 Å². The van der Waals surface area contributed by atoms with E-state index in [4.69, 9.17) is 8.83 Å². The van der Waals surface area contributed by atoms with Gasteiger partial charge in [0.2, 0.25) is 0 Å². The second-order valence-corrected chi connectivity index (χ2v) is 22.7. The first kappa shape index (κ1) is 45.3. The van der Waals surface area contributed by atoms with Crippen molar-refractivity contribution in [1.29, 1.82) is 0 Å². The molecule has 0 saturated heterocycles. The zero-order chi connectivity index (χ0) is 49.6. The molecule has 0 amide bonds. The number of allylic oxidation sites excluding steroid dienone is 1. The van der Waals surface area contributed by atoms with E-state index in [1.807, 2.05) is 0 Å². The molecular weight excluding hydrogens is 901 g/mol. The maximum atomic E-state index is 7.07. The van der Waals surface area contributed by atoms with Crippen LogP contribution in [0, 0.1) is 0 Å². The molecule has 2 heterocycles. The summed E-state index contributed by atoms with van der Waals surface area (Å²) in [7, 11) is 0. The first-order valence-corrected chi connectivity index (χ1v) is 28.1. The fraction of sp³-hybridized carbons (Fsp3) is 0.286. The monoisotopic (exact) mass is 967 g/mol. The summed E-state index contributed by atoms with van der Waals surface area (Å²) >= 11 is 0. The van der Waals surface area contributed by atoms with E-state index in [0.29, 0.717) is 23.7 Å². The minimum absolute atomic E-state index is 0.398. The number of nitrogens with zero attached hydrogens (tertiary/aromatic N) is 2. The van der Waals surface area contributed by atoms with Crippen molar-refractivity contribution in [2.24, 2.45) is 0 Å². The van der Waals surface area contributed by atoms with Crippen LogP contribution in [-0.4, -0.2) is 0 Å². The van der Waals surface area contributed by atoms with Gasteiger partial charge in [-0.15, -0.1) is 0 Å². The number of para-hydroxylation sites is 3. The van der Waals surface area contributed by atoms with Gasteiger partial charge in [-0.05, 0) is 155 Å². The Morgan fingerprint density at radius 3 is 1.50 bits per heavy atom. The Morgan fingerprint density at radius 1 is 0.432 bits per heavy atom. The molecule has 4 nitrogen and oxygen atoms in total. The lowest BCUT2D eigenvalue weighted by molar-refractivity contribution is 0.438. The first-order chi connectivity index (χ1) is 36.4. The number of hydrogen-bond donors (Lipinski definition) is 0. The molecule has 0 radical (unpaired) electrons. The molecule has 11 aromatic rings. The Balaban J connectivity index is 1.14. The first-order valence-electron chi connectivity index (χ1n) is 28.1. The lowest BCUT2D eigenvalue weighted by Crippen LogP contribution is -2.15. The maximum absolute atomic E-state index is 7.07. The van der Waals surface area contributed by atoms with Crippen LogP contribution >= 0.6 is 0 Å². The third-order valence-electron chi connectivity index (χ3n) is 17.7. The highest BCUT2D eigenvalue weighted by Gasteiger charge is 2.31. The van der Waals surface area contributed by atoms with Gasteiger partial charge >= 0.3 is 0 Å². The van der Waals surface area contributed by atoms with Crippen LogP contribution in [0.1, 0.15) is 156 Å². The molecule has 368 valence electrons. The van der Waals surface area contributed by atoms with Crippen molar-refractivity contribution in [2.75, 3.05) is 9.80 Å². The molecule has 14 rings (SSSR count). The molecule has 0 unspecified atom stereocenters. The van der Waals surface area contributed by atoms with E-state index in [1.54, 1.807) is 11.1 Å². The number of benzene rings is 9. The van der Waals surface area contributed by atoms with Crippen molar-refractivity contribution < 1.29 is 8.83 Å².